The Morgan fingerprint density at radius 3 is 2.45 bits per heavy atom. The average Bonchev–Trinajstić information content (AvgIpc) is 2.49. The van der Waals surface area contributed by atoms with E-state index in [0.29, 0.717) is 5.56 Å². The zero-order valence-corrected chi connectivity index (χ0v) is 14.1. The van der Waals surface area contributed by atoms with Crippen LogP contribution in [0.15, 0.2) is 18.2 Å². The van der Waals surface area contributed by atoms with E-state index in [9.17, 15) is 9.59 Å². The number of benzene rings is 1. The van der Waals surface area contributed by atoms with Gasteiger partial charge in [-0.2, -0.15) is 0 Å². The van der Waals surface area contributed by atoms with Crippen molar-refractivity contribution in [2.45, 2.75) is 19.8 Å². The molecule has 1 fully saturated rings. The Bertz CT molecular complexity index is 540. The maximum atomic E-state index is 12.3. The van der Waals surface area contributed by atoms with E-state index < -0.39 is 0 Å². The quantitative estimate of drug-likeness (QED) is 0.894. The number of carbonyl (C=O) groups is 2. The number of carbonyl (C=O) groups excluding carboxylic acids is 2. The fourth-order valence-corrected chi connectivity index (χ4v) is 2.47. The minimum absolute atomic E-state index is 0. The summed E-state index contributed by atoms with van der Waals surface area (Å²) in [7, 11) is 3.44. The topological polar surface area (TPSA) is 61.4 Å². The van der Waals surface area contributed by atoms with Crippen LogP contribution in [-0.4, -0.2) is 43.9 Å². The molecule has 0 bridgehead atoms. The third kappa shape index (κ3) is 4.45. The first kappa shape index (κ1) is 18.5. The summed E-state index contributed by atoms with van der Waals surface area (Å²) < 4.78 is 0. The maximum Gasteiger partial charge on any atom is 0.253 e. The van der Waals surface area contributed by atoms with Gasteiger partial charge in [0, 0.05) is 31.3 Å². The Morgan fingerprint density at radius 1 is 1.23 bits per heavy atom. The number of anilines is 1. The van der Waals surface area contributed by atoms with E-state index >= 15 is 0 Å². The standard InChI is InChI=1S/C16H23N3O2.ClH/c1-11-4-5-13(16(21)19(2)3)10-14(11)18-15(20)12-6-8-17-9-7-12;/h4-5,10,12,17H,6-9H2,1-3H3,(H,18,20);1H. The Balaban J connectivity index is 0.00000242. The Morgan fingerprint density at radius 2 is 1.86 bits per heavy atom. The first-order chi connectivity index (χ1) is 9.99. The molecule has 0 atom stereocenters. The van der Waals surface area contributed by atoms with Crippen molar-refractivity contribution in [1.29, 1.82) is 0 Å². The Kier molecular flexibility index (Phi) is 6.84. The smallest absolute Gasteiger partial charge is 0.253 e. The molecule has 2 N–H and O–H groups in total. The van der Waals surface area contributed by atoms with E-state index in [1.54, 1.807) is 26.2 Å². The zero-order chi connectivity index (χ0) is 15.4. The number of hydrogen-bond donors (Lipinski definition) is 2. The molecule has 0 aliphatic carbocycles. The van der Waals surface area contributed by atoms with Gasteiger partial charge in [-0.3, -0.25) is 9.59 Å². The number of rotatable bonds is 3. The Hall–Kier alpha value is -1.59. The van der Waals surface area contributed by atoms with Crippen LogP contribution in [0.3, 0.4) is 0 Å². The van der Waals surface area contributed by atoms with Crippen LogP contribution in [0.2, 0.25) is 0 Å². The third-order valence-corrected chi connectivity index (χ3v) is 3.86. The summed E-state index contributed by atoms with van der Waals surface area (Å²) in [5, 5.41) is 6.23. The molecule has 1 aromatic carbocycles. The summed E-state index contributed by atoms with van der Waals surface area (Å²) in [4.78, 5) is 25.8. The highest BCUT2D eigenvalue weighted by Gasteiger charge is 2.21. The van der Waals surface area contributed by atoms with Crippen LogP contribution in [0.1, 0.15) is 28.8 Å². The lowest BCUT2D eigenvalue weighted by Crippen LogP contribution is -2.34. The molecule has 0 radical (unpaired) electrons. The van der Waals surface area contributed by atoms with Gasteiger partial charge in [-0.1, -0.05) is 6.07 Å². The largest absolute Gasteiger partial charge is 0.345 e. The molecule has 2 amide bonds. The van der Waals surface area contributed by atoms with E-state index in [0.717, 1.165) is 37.2 Å². The predicted octanol–water partition coefficient (Wildman–Crippen LogP) is 2.06. The van der Waals surface area contributed by atoms with Gasteiger partial charge in [-0.05, 0) is 50.6 Å². The number of hydrogen-bond acceptors (Lipinski definition) is 3. The van der Waals surface area contributed by atoms with Gasteiger partial charge in [-0.15, -0.1) is 12.4 Å². The van der Waals surface area contributed by atoms with Crippen molar-refractivity contribution in [3.05, 3.63) is 29.3 Å². The van der Waals surface area contributed by atoms with Gasteiger partial charge in [0.05, 0.1) is 0 Å². The summed E-state index contributed by atoms with van der Waals surface area (Å²) in [6.45, 7) is 3.70. The van der Waals surface area contributed by atoms with Crippen LogP contribution >= 0.6 is 12.4 Å². The second-order valence-corrected chi connectivity index (χ2v) is 5.74. The molecular formula is C16H24ClN3O2. The average molecular weight is 326 g/mol. The second kappa shape index (κ2) is 8.15. The highest BCUT2D eigenvalue weighted by Crippen LogP contribution is 2.20. The Labute approximate surface area is 137 Å². The molecule has 1 aliphatic rings. The minimum atomic E-state index is -0.0626. The fraction of sp³-hybridized carbons (Fsp3) is 0.500. The van der Waals surface area contributed by atoms with E-state index in [1.165, 1.54) is 4.90 Å². The molecule has 0 saturated carbocycles. The normalized spacial score (nSPS) is 14.9. The summed E-state index contributed by atoms with van der Waals surface area (Å²) in [6, 6.07) is 5.42. The van der Waals surface area contributed by atoms with Crippen molar-refractivity contribution in [3.63, 3.8) is 0 Å². The van der Waals surface area contributed by atoms with Crippen molar-refractivity contribution in [2.75, 3.05) is 32.5 Å². The predicted molar refractivity (Wildman–Crippen MR) is 90.7 cm³/mol. The van der Waals surface area contributed by atoms with Gasteiger partial charge in [0.2, 0.25) is 5.91 Å². The molecule has 0 aromatic heterocycles. The molecule has 122 valence electrons. The van der Waals surface area contributed by atoms with Crippen molar-refractivity contribution < 1.29 is 9.59 Å². The summed E-state index contributed by atoms with van der Waals surface area (Å²) in [5.41, 5.74) is 2.28. The zero-order valence-electron chi connectivity index (χ0n) is 13.3. The second-order valence-electron chi connectivity index (χ2n) is 5.74. The molecule has 2 rings (SSSR count). The summed E-state index contributed by atoms with van der Waals surface area (Å²) >= 11 is 0. The lowest BCUT2D eigenvalue weighted by molar-refractivity contribution is -0.120. The van der Waals surface area contributed by atoms with Crippen LogP contribution in [0.25, 0.3) is 0 Å². The lowest BCUT2D eigenvalue weighted by atomic mass is 9.97. The van der Waals surface area contributed by atoms with E-state index in [-0.39, 0.29) is 30.1 Å². The SMILES string of the molecule is Cc1ccc(C(=O)N(C)C)cc1NC(=O)C1CCNCC1.Cl. The lowest BCUT2D eigenvalue weighted by Gasteiger charge is -2.22. The van der Waals surface area contributed by atoms with Crippen LogP contribution < -0.4 is 10.6 Å². The third-order valence-electron chi connectivity index (χ3n) is 3.86. The van der Waals surface area contributed by atoms with Crippen LogP contribution in [-0.2, 0) is 4.79 Å². The minimum Gasteiger partial charge on any atom is -0.345 e. The van der Waals surface area contributed by atoms with Gasteiger partial charge in [0.1, 0.15) is 0 Å². The number of nitrogens with one attached hydrogen (secondary N) is 2. The highest BCUT2D eigenvalue weighted by atomic mass is 35.5. The van der Waals surface area contributed by atoms with Crippen molar-refractivity contribution in [3.8, 4) is 0 Å². The summed E-state index contributed by atoms with van der Waals surface area (Å²) in [6.07, 6.45) is 1.72. The van der Waals surface area contributed by atoms with Crippen molar-refractivity contribution in [1.82, 2.24) is 10.2 Å². The molecule has 0 spiro atoms. The van der Waals surface area contributed by atoms with Gasteiger partial charge in [-0.25, -0.2) is 0 Å². The molecule has 22 heavy (non-hydrogen) atoms. The molecule has 1 aliphatic heterocycles. The van der Waals surface area contributed by atoms with Crippen LogP contribution in [0.5, 0.6) is 0 Å². The van der Waals surface area contributed by atoms with Crippen molar-refractivity contribution >= 4 is 29.9 Å². The number of nitrogens with zero attached hydrogens (tertiary/aromatic N) is 1. The van der Waals surface area contributed by atoms with Gasteiger partial charge >= 0.3 is 0 Å². The van der Waals surface area contributed by atoms with Crippen LogP contribution in [0, 0.1) is 12.8 Å². The molecule has 1 heterocycles. The number of halogens is 1. The maximum absolute atomic E-state index is 12.3. The highest BCUT2D eigenvalue weighted by molar-refractivity contribution is 5.98. The number of amides is 2. The number of aryl methyl sites for hydroxylation is 1. The fourth-order valence-electron chi connectivity index (χ4n) is 2.47. The van der Waals surface area contributed by atoms with E-state index in [2.05, 4.69) is 10.6 Å². The number of piperidine rings is 1. The van der Waals surface area contributed by atoms with Crippen LogP contribution in [0.4, 0.5) is 5.69 Å². The van der Waals surface area contributed by atoms with Gasteiger partial charge < -0.3 is 15.5 Å². The molecule has 1 saturated heterocycles. The molecular weight excluding hydrogens is 302 g/mol. The van der Waals surface area contributed by atoms with Gasteiger partial charge in [0.25, 0.3) is 5.91 Å². The van der Waals surface area contributed by atoms with Crippen molar-refractivity contribution in [2.24, 2.45) is 5.92 Å². The van der Waals surface area contributed by atoms with E-state index in [4.69, 9.17) is 0 Å². The molecule has 0 unspecified atom stereocenters. The molecule has 6 heteroatoms. The first-order valence-corrected chi connectivity index (χ1v) is 7.33. The molecule has 1 aromatic rings. The van der Waals surface area contributed by atoms with E-state index in [1.807, 2.05) is 13.0 Å². The monoisotopic (exact) mass is 325 g/mol. The van der Waals surface area contributed by atoms with Gasteiger partial charge in [0.15, 0.2) is 0 Å². The molecule has 5 nitrogen and oxygen atoms in total. The summed E-state index contributed by atoms with van der Waals surface area (Å²) in [5.74, 6) is 0.0419. The first-order valence-electron chi connectivity index (χ1n) is 7.33.